The zero-order valence-electron chi connectivity index (χ0n) is 7.62. The van der Waals surface area contributed by atoms with Gasteiger partial charge in [0.1, 0.15) is 10.2 Å². The van der Waals surface area contributed by atoms with Gasteiger partial charge in [-0.15, -0.1) is 0 Å². The van der Waals surface area contributed by atoms with Crippen molar-refractivity contribution < 1.29 is 14.3 Å². The average Bonchev–Trinajstić information content (AvgIpc) is 2.69. The summed E-state index contributed by atoms with van der Waals surface area (Å²) in [5.41, 5.74) is 0.349. The number of hydrogen-bond acceptors (Lipinski definition) is 4. The number of rotatable bonds is 2. The van der Waals surface area contributed by atoms with E-state index < -0.39 is 0 Å². The van der Waals surface area contributed by atoms with Gasteiger partial charge in [0.05, 0.1) is 13.2 Å². The summed E-state index contributed by atoms with van der Waals surface area (Å²) in [6.07, 6.45) is 0. The smallest absolute Gasteiger partial charge is 0.360 e. The van der Waals surface area contributed by atoms with Crippen LogP contribution in [0.15, 0.2) is 0 Å². The molecule has 2 heterocycles. The summed E-state index contributed by atoms with van der Waals surface area (Å²) < 4.78 is 12.6. The molecule has 1 aliphatic rings. The van der Waals surface area contributed by atoms with Crippen molar-refractivity contribution in [2.75, 3.05) is 13.2 Å². The molecule has 0 unspecified atom stereocenters. The van der Waals surface area contributed by atoms with Gasteiger partial charge in [-0.25, -0.2) is 9.48 Å². The molecule has 1 aliphatic heterocycles. The molecule has 0 saturated carbocycles. The highest BCUT2D eigenvalue weighted by Crippen LogP contribution is 2.28. The Labute approximate surface area is 94.5 Å². The van der Waals surface area contributed by atoms with Crippen LogP contribution in [-0.2, 0) is 11.3 Å². The molecule has 1 aromatic heterocycles. The number of nitrogens with zero attached hydrogens (tertiary/aromatic N) is 2. The lowest BCUT2D eigenvalue weighted by Gasteiger charge is -1.98. The molecule has 0 atom stereocenters. The minimum atomic E-state index is -0.387. The Morgan fingerprint density at radius 3 is 3.21 bits per heavy atom. The maximum absolute atomic E-state index is 11.4. The summed E-state index contributed by atoms with van der Waals surface area (Å²) in [5, 5.41) is 4.12. The van der Waals surface area contributed by atoms with Crippen LogP contribution in [0.3, 0.4) is 0 Å². The average molecular weight is 308 g/mol. The van der Waals surface area contributed by atoms with Gasteiger partial charge < -0.3 is 9.47 Å². The standard InChI is InChI=1S/C8H9IN2O3/c1-2-13-8(12)6-5(9)7-11(10-6)3-4-14-7/h2-4H2,1H3. The number of fused-ring (bicyclic) bond motifs is 1. The fraction of sp³-hybridized carbons (Fsp3) is 0.500. The van der Waals surface area contributed by atoms with Gasteiger partial charge in [0, 0.05) is 0 Å². The molecule has 14 heavy (non-hydrogen) atoms. The van der Waals surface area contributed by atoms with Crippen molar-refractivity contribution in [1.29, 1.82) is 0 Å². The van der Waals surface area contributed by atoms with E-state index in [0.717, 1.165) is 3.57 Å². The van der Waals surface area contributed by atoms with E-state index in [-0.39, 0.29) is 5.97 Å². The van der Waals surface area contributed by atoms with Gasteiger partial charge in [-0.05, 0) is 29.5 Å². The Bertz CT molecular complexity index is 375. The summed E-state index contributed by atoms with van der Waals surface area (Å²) in [6.45, 7) is 3.45. The van der Waals surface area contributed by atoms with E-state index in [0.29, 0.717) is 31.3 Å². The Morgan fingerprint density at radius 2 is 2.57 bits per heavy atom. The van der Waals surface area contributed by atoms with Gasteiger partial charge in [0.15, 0.2) is 5.69 Å². The van der Waals surface area contributed by atoms with Gasteiger partial charge >= 0.3 is 5.97 Å². The van der Waals surface area contributed by atoms with Crippen molar-refractivity contribution in [3.8, 4) is 5.88 Å². The SMILES string of the molecule is CCOC(=O)c1nn2c(c1I)OCC2. The third-order valence-electron chi connectivity index (χ3n) is 1.86. The number of aromatic nitrogens is 2. The maximum Gasteiger partial charge on any atom is 0.360 e. The van der Waals surface area contributed by atoms with Crippen LogP contribution < -0.4 is 4.74 Å². The zero-order chi connectivity index (χ0) is 10.1. The molecule has 0 aliphatic carbocycles. The molecule has 0 spiro atoms. The molecule has 6 heteroatoms. The van der Waals surface area contributed by atoms with Crippen molar-refractivity contribution in [1.82, 2.24) is 9.78 Å². The second kappa shape index (κ2) is 3.76. The number of carbonyl (C=O) groups is 1. The summed E-state index contributed by atoms with van der Waals surface area (Å²) in [5.74, 6) is 0.288. The first-order chi connectivity index (χ1) is 6.74. The van der Waals surface area contributed by atoms with E-state index in [2.05, 4.69) is 5.10 Å². The number of esters is 1. The zero-order valence-corrected chi connectivity index (χ0v) is 9.78. The van der Waals surface area contributed by atoms with Crippen LogP contribution in [0.5, 0.6) is 5.88 Å². The molecular formula is C8H9IN2O3. The number of hydrogen-bond donors (Lipinski definition) is 0. The quantitative estimate of drug-likeness (QED) is 0.605. The van der Waals surface area contributed by atoms with E-state index >= 15 is 0 Å². The lowest BCUT2D eigenvalue weighted by atomic mass is 10.4. The molecule has 0 saturated heterocycles. The fourth-order valence-corrected chi connectivity index (χ4v) is 2.03. The Morgan fingerprint density at radius 1 is 1.79 bits per heavy atom. The lowest BCUT2D eigenvalue weighted by Crippen LogP contribution is -2.09. The Hall–Kier alpha value is -0.790. The summed E-state index contributed by atoms with van der Waals surface area (Å²) >= 11 is 2.05. The molecule has 2 rings (SSSR count). The van der Waals surface area contributed by atoms with Crippen LogP contribution >= 0.6 is 22.6 Å². The molecule has 0 amide bonds. The van der Waals surface area contributed by atoms with Gasteiger partial charge in [0.25, 0.3) is 0 Å². The Balaban J connectivity index is 2.32. The van der Waals surface area contributed by atoms with Gasteiger partial charge in [-0.3, -0.25) is 0 Å². The highest BCUT2D eigenvalue weighted by Gasteiger charge is 2.26. The number of carbonyl (C=O) groups excluding carboxylic acids is 1. The number of halogens is 1. The summed E-state index contributed by atoms with van der Waals surface area (Å²) in [4.78, 5) is 11.4. The fourth-order valence-electron chi connectivity index (χ4n) is 1.27. The minimum Gasteiger partial charge on any atom is -0.475 e. The first-order valence-corrected chi connectivity index (χ1v) is 5.38. The first kappa shape index (κ1) is 9.75. The van der Waals surface area contributed by atoms with E-state index in [1.54, 1.807) is 11.6 Å². The van der Waals surface area contributed by atoms with Gasteiger partial charge in [0.2, 0.25) is 5.88 Å². The van der Waals surface area contributed by atoms with Crippen molar-refractivity contribution in [3.63, 3.8) is 0 Å². The third-order valence-corrected chi connectivity index (χ3v) is 2.83. The molecule has 0 aromatic carbocycles. The van der Waals surface area contributed by atoms with Crippen LogP contribution in [0.1, 0.15) is 17.4 Å². The van der Waals surface area contributed by atoms with Crippen molar-refractivity contribution >= 4 is 28.6 Å². The van der Waals surface area contributed by atoms with Crippen LogP contribution in [0.4, 0.5) is 0 Å². The Kier molecular flexibility index (Phi) is 2.62. The predicted molar refractivity (Wildman–Crippen MR) is 56.4 cm³/mol. The van der Waals surface area contributed by atoms with Gasteiger partial charge in [-0.1, -0.05) is 0 Å². The highest BCUT2D eigenvalue weighted by molar-refractivity contribution is 14.1. The summed E-state index contributed by atoms with van der Waals surface area (Å²) in [6, 6.07) is 0. The van der Waals surface area contributed by atoms with Crippen molar-refractivity contribution in [2.45, 2.75) is 13.5 Å². The molecule has 0 fully saturated rings. The minimum absolute atomic E-state index is 0.349. The number of ether oxygens (including phenoxy) is 2. The van der Waals surface area contributed by atoms with E-state index in [4.69, 9.17) is 9.47 Å². The second-order valence-electron chi connectivity index (χ2n) is 2.76. The monoisotopic (exact) mass is 308 g/mol. The normalized spacial score (nSPS) is 13.6. The van der Waals surface area contributed by atoms with Crippen molar-refractivity contribution in [3.05, 3.63) is 9.26 Å². The second-order valence-corrected chi connectivity index (χ2v) is 3.84. The van der Waals surface area contributed by atoms with E-state index in [9.17, 15) is 4.79 Å². The third kappa shape index (κ3) is 1.47. The van der Waals surface area contributed by atoms with E-state index in [1.165, 1.54) is 0 Å². The molecule has 5 nitrogen and oxygen atoms in total. The van der Waals surface area contributed by atoms with Crippen molar-refractivity contribution in [2.24, 2.45) is 0 Å². The maximum atomic E-state index is 11.4. The molecule has 0 bridgehead atoms. The lowest BCUT2D eigenvalue weighted by molar-refractivity contribution is 0.0517. The van der Waals surface area contributed by atoms with Crippen LogP contribution in [0.25, 0.3) is 0 Å². The van der Waals surface area contributed by atoms with Crippen LogP contribution in [0.2, 0.25) is 0 Å². The highest BCUT2D eigenvalue weighted by atomic mass is 127. The summed E-state index contributed by atoms with van der Waals surface area (Å²) in [7, 11) is 0. The predicted octanol–water partition coefficient (Wildman–Crippen LogP) is 1.06. The van der Waals surface area contributed by atoms with E-state index in [1.807, 2.05) is 22.6 Å². The van der Waals surface area contributed by atoms with Crippen LogP contribution in [0, 0.1) is 3.57 Å². The first-order valence-electron chi connectivity index (χ1n) is 4.30. The molecule has 1 aromatic rings. The topological polar surface area (TPSA) is 53.3 Å². The molecular weight excluding hydrogens is 299 g/mol. The molecule has 76 valence electrons. The molecule has 0 N–H and O–H groups in total. The van der Waals surface area contributed by atoms with Gasteiger partial charge in [-0.2, -0.15) is 5.10 Å². The largest absolute Gasteiger partial charge is 0.475 e. The molecule has 0 radical (unpaired) electrons. The van der Waals surface area contributed by atoms with Crippen LogP contribution in [-0.4, -0.2) is 29.0 Å².